The highest BCUT2D eigenvalue weighted by Crippen LogP contribution is 2.48. The first kappa shape index (κ1) is 14.1. The lowest BCUT2D eigenvalue weighted by atomic mass is 10.1. The summed E-state index contributed by atoms with van der Waals surface area (Å²) in [6.07, 6.45) is 4.49. The van der Waals surface area contributed by atoms with Gasteiger partial charge in [0, 0.05) is 23.9 Å². The van der Waals surface area contributed by atoms with E-state index in [0.29, 0.717) is 0 Å². The number of thiazole rings is 1. The summed E-state index contributed by atoms with van der Waals surface area (Å²) in [6.45, 7) is 0. The minimum Gasteiger partial charge on any atom is -0.316 e. The number of pyridine rings is 1. The molecule has 2 aromatic heterocycles. The predicted molar refractivity (Wildman–Crippen MR) is 91.3 cm³/mol. The molecular weight excluding hydrogens is 306 g/mol. The Balaban J connectivity index is 1.48. The Morgan fingerprint density at radius 3 is 2.83 bits per heavy atom. The summed E-state index contributed by atoms with van der Waals surface area (Å²) in [6, 6.07) is 13.9. The fourth-order valence-corrected chi connectivity index (χ4v) is 3.49. The summed E-state index contributed by atoms with van der Waals surface area (Å²) in [4.78, 5) is 21.0. The van der Waals surface area contributed by atoms with Gasteiger partial charge in [-0.25, -0.2) is 4.98 Å². The second-order valence-electron chi connectivity index (χ2n) is 5.62. The largest absolute Gasteiger partial charge is 0.316 e. The number of nitrogens with one attached hydrogen (secondary N) is 1. The van der Waals surface area contributed by atoms with Gasteiger partial charge in [-0.15, -0.1) is 11.3 Å². The first-order chi connectivity index (χ1) is 11.3. The van der Waals surface area contributed by atoms with Gasteiger partial charge in [0.25, 0.3) is 0 Å². The first-order valence-electron chi connectivity index (χ1n) is 7.52. The van der Waals surface area contributed by atoms with Crippen molar-refractivity contribution in [3.05, 3.63) is 65.9 Å². The number of carbonyl (C=O) groups excluding carboxylic acids is 1. The average Bonchev–Trinajstić information content (AvgIpc) is 3.29. The summed E-state index contributed by atoms with van der Waals surface area (Å²) in [5.74, 6) is 0.391. The van der Waals surface area contributed by atoms with Gasteiger partial charge in [0.05, 0.1) is 5.51 Å². The Bertz CT molecular complexity index is 817. The molecular formula is C18H15N3OS. The Morgan fingerprint density at radius 2 is 2.04 bits per heavy atom. The molecule has 23 heavy (non-hydrogen) atoms. The number of aromatic nitrogens is 2. The smallest absolute Gasteiger partial charge is 0.228 e. The minimum atomic E-state index is 0.0323. The van der Waals surface area contributed by atoms with E-state index in [9.17, 15) is 4.79 Å². The first-order valence-corrected chi connectivity index (χ1v) is 8.40. The molecule has 0 aliphatic heterocycles. The van der Waals surface area contributed by atoms with Crippen LogP contribution >= 0.6 is 11.3 Å². The summed E-state index contributed by atoms with van der Waals surface area (Å²) >= 11 is 1.46. The van der Waals surface area contributed by atoms with Gasteiger partial charge in [-0.2, -0.15) is 0 Å². The van der Waals surface area contributed by atoms with Gasteiger partial charge < -0.3 is 5.32 Å². The standard InChI is InChI=1S/C18H15N3OS/c22-17(15-9-14(15)13-7-4-8-19-10-13)21-18-16(20-11-23-18)12-5-2-1-3-6-12/h1-8,10-11,14-15H,9H2,(H,21,22)/t14-,15-/m0/s1. The number of carbonyl (C=O) groups is 1. The van der Waals surface area contributed by atoms with E-state index in [-0.39, 0.29) is 17.7 Å². The third-order valence-electron chi connectivity index (χ3n) is 4.09. The highest BCUT2D eigenvalue weighted by molar-refractivity contribution is 7.14. The van der Waals surface area contributed by atoms with Crippen molar-refractivity contribution in [3.63, 3.8) is 0 Å². The summed E-state index contributed by atoms with van der Waals surface area (Å²) in [7, 11) is 0. The van der Waals surface area contributed by atoms with Gasteiger partial charge in [-0.3, -0.25) is 9.78 Å². The molecule has 1 fully saturated rings. The topological polar surface area (TPSA) is 54.9 Å². The van der Waals surface area contributed by atoms with Crippen LogP contribution in [0.4, 0.5) is 5.00 Å². The van der Waals surface area contributed by atoms with E-state index in [4.69, 9.17) is 0 Å². The molecule has 1 aromatic carbocycles. The van der Waals surface area contributed by atoms with Gasteiger partial charge in [0.15, 0.2) is 0 Å². The summed E-state index contributed by atoms with van der Waals surface area (Å²) < 4.78 is 0. The number of benzene rings is 1. The second kappa shape index (κ2) is 5.93. The second-order valence-corrected chi connectivity index (χ2v) is 6.48. The molecule has 0 bridgehead atoms. The van der Waals surface area contributed by atoms with Crippen molar-refractivity contribution >= 4 is 22.2 Å². The molecule has 1 aliphatic carbocycles. The molecule has 5 heteroatoms. The van der Waals surface area contributed by atoms with Crippen LogP contribution in [0.2, 0.25) is 0 Å². The Kier molecular flexibility index (Phi) is 3.63. The van der Waals surface area contributed by atoms with E-state index in [1.165, 1.54) is 11.3 Å². The van der Waals surface area contributed by atoms with Crippen molar-refractivity contribution in [2.75, 3.05) is 5.32 Å². The van der Waals surface area contributed by atoms with E-state index in [1.54, 1.807) is 11.7 Å². The van der Waals surface area contributed by atoms with Gasteiger partial charge in [-0.1, -0.05) is 36.4 Å². The number of hydrogen-bond acceptors (Lipinski definition) is 4. The highest BCUT2D eigenvalue weighted by Gasteiger charge is 2.44. The van der Waals surface area contributed by atoms with Crippen molar-refractivity contribution in [1.82, 2.24) is 9.97 Å². The van der Waals surface area contributed by atoms with E-state index >= 15 is 0 Å². The predicted octanol–water partition coefficient (Wildman–Crippen LogP) is 3.95. The molecule has 1 N–H and O–H groups in total. The van der Waals surface area contributed by atoms with Crippen LogP contribution in [-0.4, -0.2) is 15.9 Å². The van der Waals surface area contributed by atoms with Gasteiger partial charge >= 0.3 is 0 Å². The van der Waals surface area contributed by atoms with Crippen LogP contribution < -0.4 is 5.32 Å². The molecule has 0 unspecified atom stereocenters. The fourth-order valence-electron chi connectivity index (χ4n) is 2.79. The third kappa shape index (κ3) is 2.87. The molecule has 114 valence electrons. The molecule has 1 saturated carbocycles. The molecule has 0 saturated heterocycles. The van der Waals surface area contributed by atoms with Crippen LogP contribution in [-0.2, 0) is 4.79 Å². The Morgan fingerprint density at radius 1 is 1.17 bits per heavy atom. The quantitative estimate of drug-likeness (QED) is 0.791. The Labute approximate surface area is 138 Å². The van der Waals surface area contributed by atoms with Crippen molar-refractivity contribution in [1.29, 1.82) is 0 Å². The van der Waals surface area contributed by atoms with E-state index in [1.807, 2.05) is 48.7 Å². The molecule has 0 spiro atoms. The molecule has 4 rings (SSSR count). The lowest BCUT2D eigenvalue weighted by Gasteiger charge is -2.05. The normalized spacial score (nSPS) is 19.3. The molecule has 4 nitrogen and oxygen atoms in total. The number of anilines is 1. The van der Waals surface area contributed by atoms with Crippen LogP contribution in [0.15, 0.2) is 60.4 Å². The van der Waals surface area contributed by atoms with E-state index < -0.39 is 0 Å². The highest BCUT2D eigenvalue weighted by atomic mass is 32.1. The average molecular weight is 321 g/mol. The van der Waals surface area contributed by atoms with Crippen LogP contribution in [0, 0.1) is 5.92 Å². The van der Waals surface area contributed by atoms with Crippen LogP contribution in [0.25, 0.3) is 11.3 Å². The maximum Gasteiger partial charge on any atom is 0.228 e. The lowest BCUT2D eigenvalue weighted by molar-refractivity contribution is -0.117. The van der Waals surface area contributed by atoms with Gasteiger partial charge in [0.1, 0.15) is 10.7 Å². The maximum atomic E-state index is 12.5. The van der Waals surface area contributed by atoms with Gasteiger partial charge in [-0.05, 0) is 24.0 Å². The monoisotopic (exact) mass is 321 g/mol. The van der Waals surface area contributed by atoms with E-state index in [2.05, 4.69) is 15.3 Å². The van der Waals surface area contributed by atoms with Crippen LogP contribution in [0.1, 0.15) is 17.9 Å². The SMILES string of the molecule is O=C(Nc1scnc1-c1ccccc1)[C@H]1C[C@H]1c1cccnc1. The van der Waals surface area contributed by atoms with Crippen molar-refractivity contribution in [2.45, 2.75) is 12.3 Å². The van der Waals surface area contributed by atoms with Crippen molar-refractivity contribution in [3.8, 4) is 11.3 Å². The zero-order valence-corrected chi connectivity index (χ0v) is 13.2. The molecule has 2 heterocycles. The van der Waals surface area contributed by atoms with Crippen LogP contribution in [0.3, 0.4) is 0 Å². The number of hydrogen-bond donors (Lipinski definition) is 1. The molecule has 1 aliphatic rings. The molecule has 2 atom stereocenters. The van der Waals surface area contributed by atoms with Gasteiger partial charge in [0.2, 0.25) is 5.91 Å². The number of amides is 1. The van der Waals surface area contributed by atoms with E-state index in [0.717, 1.165) is 28.2 Å². The third-order valence-corrected chi connectivity index (χ3v) is 4.83. The molecule has 0 radical (unpaired) electrons. The van der Waals surface area contributed by atoms with Crippen molar-refractivity contribution in [2.24, 2.45) is 5.92 Å². The number of nitrogens with zero attached hydrogens (tertiary/aromatic N) is 2. The maximum absolute atomic E-state index is 12.5. The van der Waals surface area contributed by atoms with Crippen LogP contribution in [0.5, 0.6) is 0 Å². The number of rotatable bonds is 4. The minimum absolute atomic E-state index is 0.0323. The zero-order valence-electron chi connectivity index (χ0n) is 12.3. The summed E-state index contributed by atoms with van der Waals surface area (Å²) in [5, 5.41) is 3.86. The molecule has 1 amide bonds. The Hall–Kier alpha value is -2.53. The summed E-state index contributed by atoms with van der Waals surface area (Å²) in [5.41, 5.74) is 4.76. The van der Waals surface area contributed by atoms with Crippen molar-refractivity contribution < 1.29 is 4.79 Å². The molecule has 3 aromatic rings. The lowest BCUT2D eigenvalue weighted by Crippen LogP contribution is -2.14. The fraction of sp³-hybridized carbons (Fsp3) is 0.167. The zero-order chi connectivity index (χ0) is 15.6.